The number of halogens is 1. The van der Waals surface area contributed by atoms with Crippen LogP contribution in [0.15, 0.2) is 83.3 Å². The van der Waals surface area contributed by atoms with E-state index in [1.807, 2.05) is 60.7 Å². The van der Waals surface area contributed by atoms with Gasteiger partial charge in [0.15, 0.2) is 0 Å². The number of nitrogens with zero attached hydrogens (tertiary/aromatic N) is 2. The number of hydrogen-bond donors (Lipinski definition) is 2. The number of carbonyl (C=O) groups excluding carboxylic acids is 2. The van der Waals surface area contributed by atoms with Crippen LogP contribution in [0.2, 0.25) is 0 Å². The van der Waals surface area contributed by atoms with Crippen molar-refractivity contribution in [2.45, 2.75) is 19.0 Å². The molecule has 4 aromatic rings. The van der Waals surface area contributed by atoms with Crippen molar-refractivity contribution in [3.05, 3.63) is 112 Å². The Morgan fingerprint density at radius 2 is 1.82 bits per heavy atom. The van der Waals surface area contributed by atoms with Gasteiger partial charge < -0.3 is 10.6 Å². The Morgan fingerprint density at radius 1 is 1.03 bits per heavy atom. The van der Waals surface area contributed by atoms with Crippen LogP contribution in [-0.2, 0) is 17.8 Å². The average Bonchev–Trinajstić information content (AvgIpc) is 3.28. The SMILES string of the molecule is CNC(=O)[C@H](Cc1cccc(Br)c1)NC(=O)c1cc(-c2cc#ccc2)nn1Cc1ccccc1. The molecule has 6 nitrogen and oxygen atoms in total. The maximum atomic E-state index is 13.4. The first-order chi connectivity index (χ1) is 16.5. The summed E-state index contributed by atoms with van der Waals surface area (Å²) in [6.07, 6.45) is 0.355. The van der Waals surface area contributed by atoms with Crippen molar-refractivity contribution in [2.24, 2.45) is 0 Å². The lowest BCUT2D eigenvalue weighted by molar-refractivity contribution is -0.122. The van der Waals surface area contributed by atoms with Crippen LogP contribution in [0, 0.1) is 12.1 Å². The molecule has 0 spiro atoms. The van der Waals surface area contributed by atoms with Crippen LogP contribution in [0.25, 0.3) is 11.3 Å². The summed E-state index contributed by atoms with van der Waals surface area (Å²) in [6, 6.07) is 29.7. The van der Waals surface area contributed by atoms with Crippen molar-refractivity contribution in [3.63, 3.8) is 0 Å². The molecule has 1 aromatic heterocycles. The quantitative estimate of drug-likeness (QED) is 0.372. The smallest absolute Gasteiger partial charge is 0.270 e. The van der Waals surface area contributed by atoms with Crippen molar-refractivity contribution in [3.8, 4) is 11.3 Å². The Bertz CT molecular complexity index is 1270. The number of rotatable bonds is 8. The second-order valence-electron chi connectivity index (χ2n) is 7.75. The molecule has 0 aliphatic rings. The zero-order valence-electron chi connectivity index (χ0n) is 18.6. The third-order valence-electron chi connectivity index (χ3n) is 5.34. The summed E-state index contributed by atoms with van der Waals surface area (Å²) in [5.41, 5.74) is 3.79. The minimum absolute atomic E-state index is 0.268. The highest BCUT2D eigenvalue weighted by Gasteiger charge is 2.24. The summed E-state index contributed by atoms with van der Waals surface area (Å²) in [7, 11) is 1.56. The highest BCUT2D eigenvalue weighted by molar-refractivity contribution is 9.10. The van der Waals surface area contributed by atoms with Gasteiger partial charge in [-0.3, -0.25) is 14.3 Å². The average molecular weight is 515 g/mol. The van der Waals surface area contributed by atoms with E-state index in [-0.39, 0.29) is 11.8 Å². The fraction of sp³-hybridized carbons (Fsp3) is 0.148. The van der Waals surface area contributed by atoms with Crippen LogP contribution in [0.1, 0.15) is 21.6 Å². The molecule has 7 heteroatoms. The Morgan fingerprint density at radius 3 is 2.53 bits per heavy atom. The second kappa shape index (κ2) is 10.8. The minimum atomic E-state index is -0.741. The molecule has 0 unspecified atom stereocenters. The fourth-order valence-electron chi connectivity index (χ4n) is 3.64. The van der Waals surface area contributed by atoms with Crippen LogP contribution in [-0.4, -0.2) is 34.7 Å². The predicted molar refractivity (Wildman–Crippen MR) is 134 cm³/mol. The molecule has 0 fully saturated rings. The minimum Gasteiger partial charge on any atom is -0.357 e. The van der Waals surface area contributed by atoms with Gasteiger partial charge in [0, 0.05) is 23.5 Å². The van der Waals surface area contributed by atoms with Gasteiger partial charge in [0.25, 0.3) is 5.91 Å². The zero-order chi connectivity index (χ0) is 23.9. The number of likely N-dealkylation sites (N-methyl/N-ethyl adjacent to an activating group) is 1. The number of nitrogens with one attached hydrogen (secondary N) is 2. The number of aromatic nitrogens is 2. The topological polar surface area (TPSA) is 76.0 Å². The first-order valence-corrected chi connectivity index (χ1v) is 11.6. The van der Waals surface area contributed by atoms with Crippen LogP contribution >= 0.6 is 15.9 Å². The molecule has 0 saturated heterocycles. The van der Waals surface area contributed by atoms with E-state index < -0.39 is 6.04 Å². The van der Waals surface area contributed by atoms with E-state index in [9.17, 15) is 9.59 Å². The van der Waals surface area contributed by atoms with Crippen LogP contribution in [0.5, 0.6) is 0 Å². The Kier molecular flexibility index (Phi) is 7.41. The molecule has 0 aliphatic carbocycles. The van der Waals surface area contributed by atoms with Gasteiger partial charge in [0.05, 0.1) is 12.2 Å². The summed E-state index contributed by atoms with van der Waals surface area (Å²) >= 11 is 3.46. The lowest BCUT2D eigenvalue weighted by Crippen LogP contribution is -2.47. The van der Waals surface area contributed by atoms with E-state index in [0.717, 1.165) is 21.2 Å². The standard InChI is InChI=1S/C27H23BrN4O2/c1-29-26(33)24(16-20-11-8-14-22(28)15-20)30-27(34)25-17-23(21-12-6-3-7-13-21)31-32(25)18-19-9-4-2-5-10-19/h2,4-6,8-15,17,24H,16,18H2,1H3,(H,29,33)(H,30,34)/t24-/m0/s1. The summed E-state index contributed by atoms with van der Waals surface area (Å²) in [6.45, 7) is 0.419. The van der Waals surface area contributed by atoms with Gasteiger partial charge in [-0.1, -0.05) is 70.5 Å². The lowest BCUT2D eigenvalue weighted by Gasteiger charge is -2.18. The molecule has 2 amide bonds. The maximum absolute atomic E-state index is 13.4. The van der Waals surface area contributed by atoms with Crippen molar-refractivity contribution < 1.29 is 9.59 Å². The predicted octanol–water partition coefficient (Wildman–Crippen LogP) is 4.05. The molecule has 3 aromatic carbocycles. The van der Waals surface area contributed by atoms with Crippen molar-refractivity contribution >= 4 is 27.7 Å². The van der Waals surface area contributed by atoms with Crippen LogP contribution < -0.4 is 10.6 Å². The Balaban J connectivity index is 1.64. The summed E-state index contributed by atoms with van der Waals surface area (Å²) in [4.78, 5) is 26.0. The van der Waals surface area contributed by atoms with Gasteiger partial charge in [-0.2, -0.15) is 5.10 Å². The van der Waals surface area contributed by atoms with Crippen molar-refractivity contribution in [1.82, 2.24) is 20.4 Å². The number of hydrogen-bond acceptors (Lipinski definition) is 3. The summed E-state index contributed by atoms with van der Waals surface area (Å²) in [5, 5.41) is 10.2. The first kappa shape index (κ1) is 23.3. The molecule has 4 rings (SSSR count). The van der Waals surface area contributed by atoms with E-state index in [1.165, 1.54) is 0 Å². The van der Waals surface area contributed by atoms with E-state index in [4.69, 9.17) is 0 Å². The molecular formula is C27H23BrN4O2. The van der Waals surface area contributed by atoms with E-state index in [0.29, 0.717) is 24.4 Å². The molecule has 0 radical (unpaired) electrons. The van der Waals surface area contributed by atoms with Gasteiger partial charge in [-0.15, -0.1) is 0 Å². The molecule has 1 heterocycles. The third kappa shape index (κ3) is 5.72. The van der Waals surface area contributed by atoms with Crippen molar-refractivity contribution in [2.75, 3.05) is 7.05 Å². The first-order valence-electron chi connectivity index (χ1n) is 10.8. The largest absolute Gasteiger partial charge is 0.357 e. The van der Waals surface area contributed by atoms with E-state index in [1.54, 1.807) is 29.9 Å². The molecule has 1 atom stereocenters. The van der Waals surface area contributed by atoms with Crippen LogP contribution in [0.4, 0.5) is 0 Å². The monoisotopic (exact) mass is 514 g/mol. The zero-order valence-corrected chi connectivity index (χ0v) is 20.2. The van der Waals surface area contributed by atoms with Crippen LogP contribution in [0.3, 0.4) is 0 Å². The van der Waals surface area contributed by atoms with E-state index in [2.05, 4.69) is 43.8 Å². The second-order valence-corrected chi connectivity index (χ2v) is 8.67. The fourth-order valence-corrected chi connectivity index (χ4v) is 4.09. The molecule has 0 aliphatic heterocycles. The third-order valence-corrected chi connectivity index (χ3v) is 5.83. The maximum Gasteiger partial charge on any atom is 0.270 e. The van der Waals surface area contributed by atoms with Gasteiger partial charge in [-0.05, 0) is 47.5 Å². The molecule has 170 valence electrons. The highest BCUT2D eigenvalue weighted by Crippen LogP contribution is 2.20. The molecule has 0 bridgehead atoms. The van der Waals surface area contributed by atoms with Gasteiger partial charge in [-0.25, -0.2) is 0 Å². The van der Waals surface area contributed by atoms with Crippen molar-refractivity contribution in [1.29, 1.82) is 0 Å². The Labute approximate surface area is 207 Å². The highest BCUT2D eigenvalue weighted by atomic mass is 79.9. The molecular weight excluding hydrogens is 492 g/mol. The van der Waals surface area contributed by atoms with Gasteiger partial charge in [0.1, 0.15) is 11.7 Å². The summed E-state index contributed by atoms with van der Waals surface area (Å²) < 4.78 is 2.57. The number of benzene rings is 2. The van der Waals surface area contributed by atoms with Gasteiger partial charge >= 0.3 is 0 Å². The normalized spacial score (nSPS) is 11.4. The lowest BCUT2D eigenvalue weighted by atomic mass is 10.0. The summed E-state index contributed by atoms with van der Waals surface area (Å²) in [5.74, 6) is -0.638. The number of amides is 2. The van der Waals surface area contributed by atoms with Gasteiger partial charge in [0.2, 0.25) is 5.91 Å². The molecule has 34 heavy (non-hydrogen) atoms. The van der Waals surface area contributed by atoms with E-state index >= 15 is 0 Å². The number of carbonyl (C=O) groups is 2. The Hall–Kier alpha value is -3.89. The molecule has 2 N–H and O–H groups in total. The molecule has 0 saturated carbocycles.